The molecule has 32 heavy (non-hydrogen) atoms. The van der Waals surface area contributed by atoms with Gasteiger partial charge in [0.05, 0.1) is 5.56 Å². The Morgan fingerprint density at radius 2 is 1.84 bits per heavy atom. The Morgan fingerprint density at radius 1 is 1.19 bits per heavy atom. The van der Waals surface area contributed by atoms with Gasteiger partial charge in [0, 0.05) is 27.2 Å². The molecule has 1 amide bonds. The maximum absolute atomic E-state index is 12.8. The monoisotopic (exact) mass is 474 g/mol. The van der Waals surface area contributed by atoms with Crippen LogP contribution in [0.25, 0.3) is 0 Å². The van der Waals surface area contributed by atoms with Crippen LogP contribution in [0.1, 0.15) is 39.2 Å². The Morgan fingerprint density at radius 3 is 2.44 bits per heavy atom. The Hall–Kier alpha value is -2.59. The number of amides is 1. The number of anilines is 1. The molecule has 0 bridgehead atoms. The van der Waals surface area contributed by atoms with E-state index in [0.717, 1.165) is 42.2 Å². The first kappa shape index (κ1) is 25.7. The molecule has 1 aromatic heterocycles. The van der Waals surface area contributed by atoms with Crippen LogP contribution < -0.4 is 45.7 Å². The number of halogens is 1. The second kappa shape index (κ2) is 11.3. The predicted molar refractivity (Wildman–Crippen MR) is 115 cm³/mol. The van der Waals surface area contributed by atoms with Crippen molar-refractivity contribution in [2.45, 2.75) is 25.7 Å². The van der Waals surface area contributed by atoms with Crippen molar-refractivity contribution < 1.29 is 44.3 Å². The summed E-state index contributed by atoms with van der Waals surface area (Å²) < 4.78 is 0. The minimum Gasteiger partial charge on any atom is -0.870 e. The number of benzene rings is 1. The van der Waals surface area contributed by atoms with Crippen molar-refractivity contribution in [2.75, 3.05) is 5.32 Å². The number of nitriles is 2. The van der Waals surface area contributed by atoms with Crippen molar-refractivity contribution in [1.82, 2.24) is 0 Å². The third kappa shape index (κ3) is 5.60. The largest absolute Gasteiger partial charge is 1.00 e. The van der Waals surface area contributed by atoms with E-state index in [4.69, 9.17) is 17.3 Å². The second-order valence-corrected chi connectivity index (χ2v) is 8.30. The number of carbonyl (C=O) groups excluding carboxylic acids is 2. The van der Waals surface area contributed by atoms with Crippen LogP contribution in [0.5, 0.6) is 0 Å². The predicted octanol–water partition coefficient (Wildman–Crippen LogP) is -0.0420. The van der Waals surface area contributed by atoms with Gasteiger partial charge in [0.2, 0.25) is 0 Å². The minimum absolute atomic E-state index is 0. The Bertz CT molecular complexity index is 1200. The number of fused-ring (bicyclic) bond motifs is 1. The van der Waals surface area contributed by atoms with Crippen molar-refractivity contribution >= 4 is 39.6 Å². The molecular formula is C22H16ClN4NaO3S. The van der Waals surface area contributed by atoms with E-state index in [-0.39, 0.29) is 40.8 Å². The number of nitrogens with one attached hydrogen (secondary N) is 1. The normalized spacial score (nSPS) is 13.5. The van der Waals surface area contributed by atoms with Crippen LogP contribution in [0.15, 0.2) is 47.4 Å². The fourth-order valence-electron chi connectivity index (χ4n) is 3.23. The molecular weight excluding hydrogens is 459 g/mol. The summed E-state index contributed by atoms with van der Waals surface area (Å²) in [6.45, 7) is 0. The quantitative estimate of drug-likeness (QED) is 0.150. The van der Waals surface area contributed by atoms with Gasteiger partial charge < -0.3 is 16.2 Å². The van der Waals surface area contributed by atoms with E-state index in [2.05, 4.69) is 11.4 Å². The van der Waals surface area contributed by atoms with Crippen molar-refractivity contribution in [3.8, 4) is 12.1 Å². The van der Waals surface area contributed by atoms with Crippen LogP contribution in [0.3, 0.4) is 0 Å². The molecule has 1 aliphatic carbocycles. The van der Waals surface area contributed by atoms with Crippen molar-refractivity contribution in [2.24, 2.45) is 5.73 Å². The van der Waals surface area contributed by atoms with Crippen LogP contribution >= 0.6 is 22.9 Å². The number of allylic oxidation sites excluding steroid dienone is 1. The molecule has 0 fully saturated rings. The van der Waals surface area contributed by atoms with Crippen molar-refractivity contribution in [3.05, 3.63) is 74.0 Å². The molecule has 156 valence electrons. The molecule has 0 aliphatic heterocycles. The molecule has 1 aromatic carbocycles. The standard InChI is InChI=1S/C22H17ClN4O3S.Na/c23-13-7-5-12(6-8-13)18(28)9-17(20(29)16(11-25)21(26)30)27-22-15(10-24)14-3-1-2-4-19(14)31-22;/h5-9,27,29H,1-4H2,(H2,26,30);/q;+1/p-1. The molecule has 1 heterocycles. The summed E-state index contributed by atoms with van der Waals surface area (Å²) in [4.78, 5) is 25.3. The summed E-state index contributed by atoms with van der Waals surface area (Å²) in [5.74, 6) is -2.77. The zero-order valence-electron chi connectivity index (χ0n) is 17.2. The van der Waals surface area contributed by atoms with E-state index >= 15 is 0 Å². The molecule has 0 unspecified atom stereocenters. The molecule has 2 aromatic rings. The first-order valence-electron chi connectivity index (χ1n) is 9.30. The molecule has 3 N–H and O–H groups in total. The third-order valence-electron chi connectivity index (χ3n) is 4.77. The topological polar surface area (TPSA) is 143 Å². The first-order chi connectivity index (χ1) is 14.8. The van der Waals surface area contributed by atoms with Gasteiger partial charge in [0.1, 0.15) is 22.7 Å². The van der Waals surface area contributed by atoms with Crippen LogP contribution in [0.2, 0.25) is 5.02 Å². The Balaban J connectivity index is 0.00000363. The molecule has 7 nitrogen and oxygen atoms in total. The van der Waals surface area contributed by atoms with Gasteiger partial charge in [-0.3, -0.25) is 9.59 Å². The van der Waals surface area contributed by atoms with Crippen LogP contribution in [-0.2, 0) is 17.6 Å². The molecule has 0 radical (unpaired) electrons. The summed E-state index contributed by atoms with van der Waals surface area (Å²) in [5, 5.41) is 35.3. The summed E-state index contributed by atoms with van der Waals surface area (Å²) >= 11 is 7.17. The fourth-order valence-corrected chi connectivity index (χ4v) is 4.61. The van der Waals surface area contributed by atoms with Gasteiger partial charge in [-0.1, -0.05) is 17.4 Å². The molecule has 0 spiro atoms. The average molecular weight is 475 g/mol. The molecule has 0 saturated carbocycles. The molecule has 0 saturated heterocycles. The van der Waals surface area contributed by atoms with E-state index in [0.29, 0.717) is 15.6 Å². The maximum atomic E-state index is 12.8. The number of ketones is 1. The van der Waals surface area contributed by atoms with Gasteiger partial charge in [0.15, 0.2) is 5.78 Å². The van der Waals surface area contributed by atoms with Crippen LogP contribution in [-0.4, -0.2) is 11.7 Å². The zero-order valence-corrected chi connectivity index (χ0v) is 20.8. The van der Waals surface area contributed by atoms with Gasteiger partial charge in [0.25, 0.3) is 5.91 Å². The Kier molecular flexibility index (Phi) is 9.09. The van der Waals surface area contributed by atoms with Gasteiger partial charge in [-0.15, -0.1) is 11.3 Å². The SMILES string of the molecule is N#CC(C(N)=O)=C([O-])C(=CC(=O)c1ccc(Cl)cc1)Nc1sc2c(c1C#N)CCCC2.[Na+]. The molecule has 0 atom stereocenters. The molecule has 1 aliphatic rings. The van der Waals surface area contributed by atoms with Crippen molar-refractivity contribution in [3.63, 3.8) is 0 Å². The molecule has 10 heteroatoms. The smallest absolute Gasteiger partial charge is 0.870 e. The van der Waals surface area contributed by atoms with E-state index in [1.807, 2.05) is 0 Å². The fraction of sp³-hybridized carbons (Fsp3) is 0.182. The Labute approximate surface area is 216 Å². The number of aryl methyl sites for hydroxylation is 1. The molecule has 3 rings (SSSR count). The van der Waals surface area contributed by atoms with Crippen LogP contribution in [0, 0.1) is 22.7 Å². The van der Waals surface area contributed by atoms with E-state index in [1.54, 1.807) is 0 Å². The van der Waals surface area contributed by atoms with Gasteiger partial charge in [-0.05, 0) is 55.5 Å². The second-order valence-electron chi connectivity index (χ2n) is 6.76. The number of thiophene rings is 1. The maximum Gasteiger partial charge on any atom is 1.00 e. The number of hydrogen-bond acceptors (Lipinski definition) is 7. The number of primary amides is 1. The van der Waals surface area contributed by atoms with Gasteiger partial charge >= 0.3 is 29.6 Å². The van der Waals surface area contributed by atoms with Crippen LogP contribution in [0.4, 0.5) is 5.00 Å². The van der Waals surface area contributed by atoms with E-state index in [1.165, 1.54) is 41.7 Å². The summed E-state index contributed by atoms with van der Waals surface area (Å²) in [7, 11) is 0. The average Bonchev–Trinajstić information content (AvgIpc) is 3.10. The minimum atomic E-state index is -1.20. The number of hydrogen-bond donors (Lipinski definition) is 2. The summed E-state index contributed by atoms with van der Waals surface area (Å²) in [5.41, 5.74) is 5.59. The van der Waals surface area contributed by atoms with Crippen molar-refractivity contribution in [1.29, 1.82) is 10.5 Å². The number of rotatable bonds is 6. The zero-order chi connectivity index (χ0) is 22.5. The number of nitrogens with two attached hydrogens (primary N) is 1. The summed E-state index contributed by atoms with van der Waals surface area (Å²) in [6.07, 6.45) is 4.53. The number of nitrogens with zero attached hydrogens (tertiary/aromatic N) is 2. The van der Waals surface area contributed by atoms with Gasteiger partial charge in [-0.2, -0.15) is 10.5 Å². The number of carbonyl (C=O) groups is 2. The first-order valence-corrected chi connectivity index (χ1v) is 10.5. The third-order valence-corrected chi connectivity index (χ3v) is 6.22. The van der Waals surface area contributed by atoms with Gasteiger partial charge in [-0.25, -0.2) is 0 Å². The van der Waals surface area contributed by atoms with E-state index < -0.39 is 23.0 Å². The van der Waals surface area contributed by atoms with E-state index in [9.17, 15) is 25.2 Å². The summed E-state index contributed by atoms with van der Waals surface area (Å²) in [6, 6.07) is 9.65.